The summed E-state index contributed by atoms with van der Waals surface area (Å²) in [5.74, 6) is 0.192. The van der Waals surface area contributed by atoms with Crippen molar-refractivity contribution in [1.29, 1.82) is 0 Å². The highest BCUT2D eigenvalue weighted by molar-refractivity contribution is 6.32. The smallest absolute Gasteiger partial charge is 0.330 e. The van der Waals surface area contributed by atoms with Crippen LogP contribution in [0.25, 0.3) is 16.8 Å². The molecule has 0 unspecified atom stereocenters. The van der Waals surface area contributed by atoms with Crippen LogP contribution in [0.15, 0.2) is 66.7 Å². The van der Waals surface area contributed by atoms with Crippen molar-refractivity contribution in [2.24, 2.45) is 0 Å². The molecule has 3 aromatic rings. The maximum absolute atomic E-state index is 11.1. The van der Waals surface area contributed by atoms with Crippen molar-refractivity contribution in [3.8, 4) is 5.75 Å². The Morgan fingerprint density at radius 3 is 2.68 bits per heavy atom. The second-order valence-corrected chi connectivity index (χ2v) is 5.88. The molecule has 0 aliphatic carbocycles. The van der Waals surface area contributed by atoms with Crippen LogP contribution in [0, 0.1) is 0 Å². The first-order chi connectivity index (χ1) is 12.2. The van der Waals surface area contributed by atoms with E-state index >= 15 is 0 Å². The molecule has 0 atom stereocenters. The van der Waals surface area contributed by atoms with Crippen molar-refractivity contribution in [3.05, 3.63) is 82.9 Å². The molecule has 0 aromatic heterocycles. The minimum atomic E-state index is -0.410. The molecule has 3 rings (SSSR count). The second-order valence-electron chi connectivity index (χ2n) is 5.47. The molecule has 0 N–H and O–H groups in total. The summed E-state index contributed by atoms with van der Waals surface area (Å²) < 4.78 is 10.5. The highest BCUT2D eigenvalue weighted by Gasteiger charge is 2.05. The fourth-order valence-corrected chi connectivity index (χ4v) is 2.79. The molecule has 0 saturated heterocycles. The first-order valence-electron chi connectivity index (χ1n) is 7.82. The van der Waals surface area contributed by atoms with Crippen molar-refractivity contribution < 1.29 is 14.3 Å². The standard InChI is InChI=1S/C21H17ClO3/c1-24-21(23)12-10-15-9-11-20(19(22)13-15)25-14-17-7-4-6-16-5-2-3-8-18(16)17/h2-13H,14H2,1H3/b12-10+. The van der Waals surface area contributed by atoms with Gasteiger partial charge in [0.1, 0.15) is 12.4 Å². The quantitative estimate of drug-likeness (QED) is 0.464. The number of hydrogen-bond acceptors (Lipinski definition) is 3. The van der Waals surface area contributed by atoms with Crippen molar-refractivity contribution >= 4 is 34.4 Å². The molecule has 25 heavy (non-hydrogen) atoms. The molecular formula is C21H17ClO3. The number of carbonyl (C=O) groups is 1. The topological polar surface area (TPSA) is 35.5 Å². The third-order valence-electron chi connectivity index (χ3n) is 3.83. The van der Waals surface area contributed by atoms with Crippen molar-refractivity contribution in [1.82, 2.24) is 0 Å². The normalized spacial score (nSPS) is 11.0. The van der Waals surface area contributed by atoms with Gasteiger partial charge >= 0.3 is 5.97 Å². The highest BCUT2D eigenvalue weighted by Crippen LogP contribution is 2.28. The van der Waals surface area contributed by atoms with Gasteiger partial charge in [-0.25, -0.2) is 4.79 Å². The minimum Gasteiger partial charge on any atom is -0.487 e. The summed E-state index contributed by atoms with van der Waals surface area (Å²) in [4.78, 5) is 11.1. The number of methoxy groups -OCH3 is 1. The summed E-state index contributed by atoms with van der Waals surface area (Å²) in [6, 6.07) is 19.7. The molecule has 0 radical (unpaired) electrons. The van der Waals surface area contributed by atoms with Gasteiger partial charge in [-0.3, -0.25) is 0 Å². The van der Waals surface area contributed by atoms with Crippen LogP contribution in [-0.2, 0) is 16.1 Å². The van der Waals surface area contributed by atoms with Gasteiger partial charge in [-0.05, 0) is 40.1 Å². The van der Waals surface area contributed by atoms with E-state index in [-0.39, 0.29) is 0 Å². The van der Waals surface area contributed by atoms with E-state index in [4.69, 9.17) is 16.3 Å². The number of hydrogen-bond donors (Lipinski definition) is 0. The van der Waals surface area contributed by atoms with Crippen molar-refractivity contribution in [2.75, 3.05) is 7.11 Å². The molecule has 0 amide bonds. The van der Waals surface area contributed by atoms with E-state index in [1.54, 1.807) is 18.2 Å². The van der Waals surface area contributed by atoms with Crippen LogP contribution in [-0.4, -0.2) is 13.1 Å². The third-order valence-corrected chi connectivity index (χ3v) is 4.13. The fraction of sp³-hybridized carbons (Fsp3) is 0.0952. The van der Waals surface area contributed by atoms with Gasteiger partial charge in [-0.2, -0.15) is 0 Å². The molecule has 0 aliphatic rings. The Hall–Kier alpha value is -2.78. The molecule has 3 aromatic carbocycles. The van der Waals surface area contributed by atoms with E-state index in [1.165, 1.54) is 24.0 Å². The van der Waals surface area contributed by atoms with Crippen LogP contribution in [0.2, 0.25) is 5.02 Å². The summed E-state index contributed by atoms with van der Waals surface area (Å²) in [6.45, 7) is 0.429. The van der Waals surface area contributed by atoms with Gasteiger partial charge in [0.05, 0.1) is 12.1 Å². The first-order valence-corrected chi connectivity index (χ1v) is 8.20. The van der Waals surface area contributed by atoms with Crippen LogP contribution in [0.5, 0.6) is 5.75 Å². The summed E-state index contributed by atoms with van der Waals surface area (Å²) in [5.41, 5.74) is 1.90. The lowest BCUT2D eigenvalue weighted by atomic mass is 10.1. The van der Waals surface area contributed by atoms with Crippen molar-refractivity contribution in [2.45, 2.75) is 6.61 Å². The number of rotatable bonds is 5. The Labute approximate surface area is 151 Å². The van der Waals surface area contributed by atoms with E-state index in [2.05, 4.69) is 22.9 Å². The SMILES string of the molecule is COC(=O)/C=C/c1ccc(OCc2cccc3ccccc23)c(Cl)c1. The van der Waals surface area contributed by atoms with Gasteiger partial charge in [0.2, 0.25) is 0 Å². The van der Waals surface area contributed by atoms with Crippen molar-refractivity contribution in [3.63, 3.8) is 0 Å². The summed E-state index contributed by atoms with van der Waals surface area (Å²) in [6.07, 6.45) is 2.99. The van der Waals surface area contributed by atoms with Crippen LogP contribution in [0.4, 0.5) is 0 Å². The summed E-state index contributed by atoms with van der Waals surface area (Å²) >= 11 is 6.29. The molecular weight excluding hydrogens is 336 g/mol. The van der Waals surface area contributed by atoms with Gasteiger partial charge in [0.25, 0.3) is 0 Å². The highest BCUT2D eigenvalue weighted by atomic mass is 35.5. The van der Waals surface area contributed by atoms with Gasteiger partial charge in [0, 0.05) is 6.08 Å². The Balaban J connectivity index is 1.75. The zero-order valence-corrected chi connectivity index (χ0v) is 14.5. The zero-order valence-electron chi connectivity index (χ0n) is 13.7. The molecule has 0 aliphatic heterocycles. The van der Waals surface area contributed by atoms with Gasteiger partial charge < -0.3 is 9.47 Å². The minimum absolute atomic E-state index is 0.410. The van der Waals surface area contributed by atoms with Gasteiger partial charge in [0.15, 0.2) is 0 Å². The van der Waals surface area contributed by atoms with E-state index in [0.717, 1.165) is 11.1 Å². The number of halogens is 1. The Bertz CT molecular complexity index is 926. The first kappa shape index (κ1) is 17.1. The monoisotopic (exact) mass is 352 g/mol. The van der Waals surface area contributed by atoms with Gasteiger partial charge in [-0.1, -0.05) is 60.1 Å². The maximum atomic E-state index is 11.1. The number of esters is 1. The van der Waals surface area contributed by atoms with Crippen LogP contribution in [0.1, 0.15) is 11.1 Å². The molecule has 0 fully saturated rings. The zero-order chi connectivity index (χ0) is 17.6. The second kappa shape index (κ2) is 7.86. The molecule has 0 heterocycles. The summed E-state index contributed by atoms with van der Waals surface area (Å²) in [7, 11) is 1.34. The van der Waals surface area contributed by atoms with Crippen LogP contribution < -0.4 is 4.74 Å². The lowest BCUT2D eigenvalue weighted by Gasteiger charge is -2.11. The summed E-state index contributed by atoms with van der Waals surface area (Å²) in [5, 5.41) is 2.84. The predicted molar refractivity (Wildman–Crippen MR) is 101 cm³/mol. The predicted octanol–water partition coefficient (Wildman–Crippen LogP) is 5.26. The van der Waals surface area contributed by atoms with E-state index in [0.29, 0.717) is 17.4 Å². The van der Waals surface area contributed by atoms with Crippen LogP contribution >= 0.6 is 11.6 Å². The molecule has 3 nitrogen and oxygen atoms in total. The molecule has 4 heteroatoms. The van der Waals surface area contributed by atoms with E-state index in [1.807, 2.05) is 30.3 Å². The average molecular weight is 353 g/mol. The largest absolute Gasteiger partial charge is 0.487 e. The average Bonchev–Trinajstić information content (AvgIpc) is 2.65. The number of benzene rings is 3. The molecule has 0 spiro atoms. The number of carbonyl (C=O) groups excluding carboxylic acids is 1. The Morgan fingerprint density at radius 1 is 1.08 bits per heavy atom. The van der Waals surface area contributed by atoms with Gasteiger partial charge in [-0.15, -0.1) is 0 Å². The fourth-order valence-electron chi connectivity index (χ4n) is 2.54. The van der Waals surface area contributed by atoms with Crippen LogP contribution in [0.3, 0.4) is 0 Å². The Morgan fingerprint density at radius 2 is 1.88 bits per heavy atom. The molecule has 0 saturated carbocycles. The third kappa shape index (κ3) is 4.20. The Kier molecular flexibility index (Phi) is 5.36. The number of ether oxygens (including phenoxy) is 2. The lowest BCUT2D eigenvalue weighted by Crippen LogP contribution is -1.97. The van der Waals surface area contributed by atoms with E-state index < -0.39 is 5.97 Å². The lowest BCUT2D eigenvalue weighted by molar-refractivity contribution is -0.134. The maximum Gasteiger partial charge on any atom is 0.330 e. The molecule has 126 valence electrons. The molecule has 0 bridgehead atoms. The number of fused-ring (bicyclic) bond motifs is 1. The van der Waals surface area contributed by atoms with E-state index in [9.17, 15) is 4.79 Å².